The first-order valence-corrected chi connectivity index (χ1v) is 4.17. The van der Waals surface area contributed by atoms with E-state index < -0.39 is 0 Å². The first-order chi connectivity index (χ1) is 6.27. The van der Waals surface area contributed by atoms with Crippen LogP contribution in [0.1, 0.15) is 19.7 Å². The van der Waals surface area contributed by atoms with Crippen molar-refractivity contribution in [1.82, 2.24) is 19.9 Å². The first-order valence-electron chi connectivity index (χ1n) is 4.17. The molecule has 0 radical (unpaired) electrons. The van der Waals surface area contributed by atoms with E-state index in [1.54, 1.807) is 6.92 Å². The number of nitrogens with one attached hydrogen (secondary N) is 2. The van der Waals surface area contributed by atoms with Crippen LogP contribution in [-0.2, 0) is 0 Å². The van der Waals surface area contributed by atoms with Crippen molar-refractivity contribution in [2.24, 2.45) is 0 Å². The Kier molecular flexibility index (Phi) is 2.79. The number of fused-ring (bicyclic) bond motifs is 1. The summed E-state index contributed by atoms with van der Waals surface area (Å²) in [6, 6.07) is 0. The molecule has 0 fully saturated rings. The highest BCUT2D eigenvalue weighted by Crippen LogP contribution is 1.97. The molecule has 0 bridgehead atoms. The molecule has 2 heterocycles. The number of aromatic amines is 2. The van der Waals surface area contributed by atoms with Gasteiger partial charge in [-0.2, -0.15) is 0 Å². The Morgan fingerprint density at radius 3 is 2.77 bits per heavy atom. The van der Waals surface area contributed by atoms with Gasteiger partial charge in [0.15, 0.2) is 11.2 Å². The number of H-pyrrole nitrogens is 2. The Bertz CT molecular complexity index is 443. The molecule has 0 spiro atoms. The Morgan fingerprint density at radius 2 is 2.08 bits per heavy atom. The molecule has 13 heavy (non-hydrogen) atoms. The lowest BCUT2D eigenvalue weighted by molar-refractivity contribution is 1.05. The summed E-state index contributed by atoms with van der Waals surface area (Å²) >= 11 is 0. The van der Waals surface area contributed by atoms with Gasteiger partial charge in [0.25, 0.3) is 5.56 Å². The van der Waals surface area contributed by atoms with Gasteiger partial charge in [-0.15, -0.1) is 0 Å². The third-order valence-electron chi connectivity index (χ3n) is 1.41. The van der Waals surface area contributed by atoms with Gasteiger partial charge < -0.3 is 9.97 Å². The van der Waals surface area contributed by atoms with Crippen molar-refractivity contribution in [3.05, 3.63) is 22.5 Å². The van der Waals surface area contributed by atoms with Crippen LogP contribution in [0.15, 0.2) is 11.1 Å². The maximum atomic E-state index is 11.1. The lowest BCUT2D eigenvalue weighted by atomic mass is 10.5. The quantitative estimate of drug-likeness (QED) is 0.634. The molecule has 0 atom stereocenters. The summed E-state index contributed by atoms with van der Waals surface area (Å²) < 4.78 is 0. The van der Waals surface area contributed by atoms with E-state index in [0.29, 0.717) is 17.0 Å². The van der Waals surface area contributed by atoms with E-state index >= 15 is 0 Å². The van der Waals surface area contributed by atoms with Crippen molar-refractivity contribution in [3.63, 3.8) is 0 Å². The van der Waals surface area contributed by atoms with Crippen molar-refractivity contribution in [2.45, 2.75) is 20.8 Å². The van der Waals surface area contributed by atoms with Crippen molar-refractivity contribution in [3.8, 4) is 0 Å². The lowest BCUT2D eigenvalue weighted by Gasteiger charge is -1.89. The third-order valence-corrected chi connectivity index (χ3v) is 1.41. The summed E-state index contributed by atoms with van der Waals surface area (Å²) in [5.74, 6) is 0.578. The molecule has 70 valence electrons. The minimum atomic E-state index is -0.176. The van der Waals surface area contributed by atoms with E-state index in [4.69, 9.17) is 0 Å². The highest BCUT2D eigenvalue weighted by molar-refractivity contribution is 5.67. The van der Waals surface area contributed by atoms with Crippen molar-refractivity contribution in [1.29, 1.82) is 0 Å². The number of nitrogens with zero attached hydrogens (tertiary/aromatic N) is 2. The van der Waals surface area contributed by atoms with Crippen molar-refractivity contribution in [2.75, 3.05) is 0 Å². The van der Waals surface area contributed by atoms with E-state index in [9.17, 15) is 4.79 Å². The monoisotopic (exact) mass is 180 g/mol. The molecule has 2 N–H and O–H groups in total. The maximum Gasteiger partial charge on any atom is 0.276 e. The lowest BCUT2D eigenvalue weighted by Crippen LogP contribution is -2.09. The van der Waals surface area contributed by atoms with Crippen LogP contribution < -0.4 is 5.56 Å². The molecule has 0 aliphatic carbocycles. The molecular formula is C8H12N4O. The van der Waals surface area contributed by atoms with Crippen LogP contribution in [0.3, 0.4) is 0 Å². The number of hydrogen-bond acceptors (Lipinski definition) is 3. The van der Waals surface area contributed by atoms with Crippen LogP contribution in [0, 0.1) is 6.92 Å². The normalized spacial score (nSPS) is 9.46. The molecular weight excluding hydrogens is 168 g/mol. The average molecular weight is 180 g/mol. The standard InChI is InChI=1S/C6H6N4O.C2H6/c1-3-9-5-4(6(11)10-3)7-2-8-5;1-2/h2H,1H3,(H2,7,8,9,10,11);1-2H3. The van der Waals surface area contributed by atoms with Gasteiger partial charge >= 0.3 is 0 Å². The van der Waals surface area contributed by atoms with Gasteiger partial charge in [-0.1, -0.05) is 13.8 Å². The van der Waals surface area contributed by atoms with Crippen LogP contribution in [0.5, 0.6) is 0 Å². The third kappa shape index (κ3) is 1.74. The highest BCUT2D eigenvalue weighted by atomic mass is 16.1. The zero-order chi connectivity index (χ0) is 9.84. The second-order valence-corrected chi connectivity index (χ2v) is 2.25. The van der Waals surface area contributed by atoms with Gasteiger partial charge in [0.1, 0.15) is 5.82 Å². The SMILES string of the molecule is CC.Cc1nc2nc[nH]c2c(=O)[nH]1. The molecule has 2 aromatic heterocycles. The molecule has 0 aliphatic rings. The summed E-state index contributed by atoms with van der Waals surface area (Å²) in [5, 5.41) is 0. The number of rotatable bonds is 0. The van der Waals surface area contributed by atoms with Crippen LogP contribution >= 0.6 is 0 Å². The largest absolute Gasteiger partial charge is 0.339 e. The average Bonchev–Trinajstić information content (AvgIpc) is 2.55. The molecule has 0 aliphatic heterocycles. The minimum absolute atomic E-state index is 0.176. The molecule has 0 aromatic carbocycles. The van der Waals surface area contributed by atoms with Gasteiger partial charge in [-0.3, -0.25) is 4.79 Å². The Hall–Kier alpha value is -1.65. The molecule has 5 nitrogen and oxygen atoms in total. The zero-order valence-corrected chi connectivity index (χ0v) is 7.88. The van der Waals surface area contributed by atoms with Gasteiger partial charge in [0, 0.05) is 0 Å². The minimum Gasteiger partial charge on any atom is -0.339 e. The smallest absolute Gasteiger partial charge is 0.276 e. The van der Waals surface area contributed by atoms with E-state index in [1.165, 1.54) is 6.33 Å². The van der Waals surface area contributed by atoms with Gasteiger partial charge in [-0.05, 0) is 6.92 Å². The predicted molar refractivity (Wildman–Crippen MR) is 50.6 cm³/mol. The Morgan fingerprint density at radius 1 is 1.38 bits per heavy atom. The van der Waals surface area contributed by atoms with E-state index in [1.807, 2.05) is 13.8 Å². The molecule has 0 saturated heterocycles. The molecule has 0 amide bonds. The van der Waals surface area contributed by atoms with E-state index in [2.05, 4.69) is 19.9 Å². The van der Waals surface area contributed by atoms with Crippen LogP contribution in [0.2, 0.25) is 0 Å². The molecule has 2 rings (SSSR count). The molecule has 2 aromatic rings. The number of aromatic nitrogens is 4. The summed E-state index contributed by atoms with van der Waals surface area (Å²) in [7, 11) is 0. The fourth-order valence-electron chi connectivity index (χ4n) is 0.953. The van der Waals surface area contributed by atoms with Crippen LogP contribution in [0.25, 0.3) is 11.2 Å². The zero-order valence-electron chi connectivity index (χ0n) is 7.88. The predicted octanol–water partition coefficient (Wildman–Crippen LogP) is 0.981. The Balaban J connectivity index is 0.000000396. The van der Waals surface area contributed by atoms with E-state index in [-0.39, 0.29) is 5.56 Å². The molecule has 5 heteroatoms. The highest BCUT2D eigenvalue weighted by Gasteiger charge is 2.01. The Labute approximate surface area is 75.2 Å². The van der Waals surface area contributed by atoms with E-state index in [0.717, 1.165) is 0 Å². The fraction of sp³-hybridized carbons (Fsp3) is 0.375. The number of hydrogen-bond donors (Lipinski definition) is 2. The maximum absolute atomic E-state index is 11.1. The van der Waals surface area contributed by atoms with Crippen molar-refractivity contribution >= 4 is 11.2 Å². The van der Waals surface area contributed by atoms with Gasteiger partial charge in [0.05, 0.1) is 6.33 Å². The first kappa shape index (κ1) is 9.44. The summed E-state index contributed by atoms with van der Waals surface area (Å²) in [6.45, 7) is 5.72. The molecule has 0 unspecified atom stereocenters. The summed E-state index contributed by atoms with van der Waals surface area (Å²) in [5.41, 5.74) is 0.715. The summed E-state index contributed by atoms with van der Waals surface area (Å²) in [4.78, 5) is 24.2. The molecule has 0 saturated carbocycles. The van der Waals surface area contributed by atoms with Crippen LogP contribution in [-0.4, -0.2) is 19.9 Å². The second-order valence-electron chi connectivity index (χ2n) is 2.25. The van der Waals surface area contributed by atoms with Gasteiger partial charge in [-0.25, -0.2) is 9.97 Å². The van der Waals surface area contributed by atoms with Crippen LogP contribution in [0.4, 0.5) is 0 Å². The fourth-order valence-corrected chi connectivity index (χ4v) is 0.953. The number of aryl methyl sites for hydroxylation is 1. The van der Waals surface area contributed by atoms with Gasteiger partial charge in [0.2, 0.25) is 0 Å². The topological polar surface area (TPSA) is 74.4 Å². The van der Waals surface area contributed by atoms with Crippen molar-refractivity contribution < 1.29 is 0 Å². The summed E-state index contributed by atoms with van der Waals surface area (Å²) in [6.07, 6.45) is 1.45. The number of imidazole rings is 1. The second kappa shape index (κ2) is 3.84.